The molecule has 1 amide bonds. The monoisotopic (exact) mass is 392 g/mol. The quantitative estimate of drug-likeness (QED) is 0.677. The number of hydrogen-bond donors (Lipinski definition) is 2. The topological polar surface area (TPSA) is 93.7 Å². The van der Waals surface area contributed by atoms with Gasteiger partial charge in [-0.15, -0.1) is 0 Å². The van der Waals surface area contributed by atoms with E-state index in [9.17, 15) is 13.2 Å². The van der Waals surface area contributed by atoms with E-state index < -0.39 is 15.9 Å². The molecular formula is C19H24N2O5S. The van der Waals surface area contributed by atoms with E-state index in [0.29, 0.717) is 24.5 Å². The molecule has 8 heteroatoms. The molecule has 2 rings (SSSR count). The van der Waals surface area contributed by atoms with Gasteiger partial charge in [-0.05, 0) is 43.2 Å². The van der Waals surface area contributed by atoms with Crippen LogP contribution < -0.4 is 19.5 Å². The van der Waals surface area contributed by atoms with Gasteiger partial charge in [-0.1, -0.05) is 23.8 Å². The molecule has 7 nitrogen and oxygen atoms in total. The fraction of sp³-hybridized carbons (Fsp3) is 0.316. The van der Waals surface area contributed by atoms with E-state index in [0.717, 1.165) is 11.1 Å². The van der Waals surface area contributed by atoms with Crippen LogP contribution in [0.4, 0.5) is 0 Å². The molecule has 2 N–H and O–H groups in total. The average Bonchev–Trinajstić information content (AvgIpc) is 2.66. The molecule has 0 spiro atoms. The van der Waals surface area contributed by atoms with Gasteiger partial charge in [-0.25, -0.2) is 13.1 Å². The van der Waals surface area contributed by atoms with Gasteiger partial charge in [0.2, 0.25) is 15.9 Å². The third-order valence-corrected chi connectivity index (χ3v) is 5.35. The number of carbonyl (C=O) groups is 1. The highest BCUT2D eigenvalue weighted by atomic mass is 32.2. The maximum Gasteiger partial charge on any atom is 0.241 e. The van der Waals surface area contributed by atoms with Gasteiger partial charge >= 0.3 is 0 Å². The number of aryl methyl sites for hydroxylation is 1. The molecule has 0 saturated heterocycles. The Bertz CT molecular complexity index is 879. The van der Waals surface area contributed by atoms with Crippen molar-refractivity contribution in [1.82, 2.24) is 10.0 Å². The van der Waals surface area contributed by atoms with Crippen LogP contribution in [-0.2, 0) is 21.2 Å². The van der Waals surface area contributed by atoms with Crippen LogP contribution in [0, 0.1) is 6.92 Å². The standard InChI is InChI=1S/C19H24N2O5S/c1-14-4-7-16(8-5-14)27(23,24)21-13-19(22)20-11-10-15-6-9-17(25-2)18(12-15)26-3/h4-9,12,21H,10-11,13H2,1-3H3,(H,20,22). The third kappa shape index (κ3) is 5.97. The molecule has 0 aliphatic heterocycles. The molecule has 27 heavy (non-hydrogen) atoms. The number of amides is 1. The molecule has 0 fully saturated rings. The maximum atomic E-state index is 12.2. The summed E-state index contributed by atoms with van der Waals surface area (Å²) in [5, 5.41) is 2.69. The highest BCUT2D eigenvalue weighted by molar-refractivity contribution is 7.89. The van der Waals surface area contributed by atoms with E-state index in [1.807, 2.05) is 19.1 Å². The maximum absolute atomic E-state index is 12.2. The van der Waals surface area contributed by atoms with Gasteiger partial charge in [-0.3, -0.25) is 4.79 Å². The van der Waals surface area contributed by atoms with E-state index in [1.165, 1.54) is 12.1 Å². The highest BCUT2D eigenvalue weighted by Gasteiger charge is 2.15. The van der Waals surface area contributed by atoms with Gasteiger partial charge < -0.3 is 14.8 Å². The minimum atomic E-state index is -3.71. The zero-order valence-corrected chi connectivity index (χ0v) is 16.4. The van der Waals surface area contributed by atoms with Gasteiger partial charge in [0.1, 0.15) is 0 Å². The lowest BCUT2D eigenvalue weighted by atomic mass is 10.1. The van der Waals surface area contributed by atoms with Crippen molar-refractivity contribution in [1.29, 1.82) is 0 Å². The zero-order valence-electron chi connectivity index (χ0n) is 15.6. The Morgan fingerprint density at radius 1 is 1.00 bits per heavy atom. The summed E-state index contributed by atoms with van der Waals surface area (Å²) in [6.07, 6.45) is 0.580. The summed E-state index contributed by atoms with van der Waals surface area (Å²) in [6.45, 7) is 1.93. The van der Waals surface area contributed by atoms with Crippen LogP contribution in [0.25, 0.3) is 0 Å². The molecule has 0 radical (unpaired) electrons. The predicted molar refractivity (Wildman–Crippen MR) is 103 cm³/mol. The van der Waals surface area contributed by atoms with E-state index in [1.54, 1.807) is 32.4 Å². The van der Waals surface area contributed by atoms with Crippen LogP contribution in [0.1, 0.15) is 11.1 Å². The Kier molecular flexibility index (Phi) is 7.20. The lowest BCUT2D eigenvalue weighted by Gasteiger charge is -2.10. The summed E-state index contributed by atoms with van der Waals surface area (Å²) in [4.78, 5) is 12.0. The number of sulfonamides is 1. The van der Waals surface area contributed by atoms with Crippen molar-refractivity contribution < 1.29 is 22.7 Å². The van der Waals surface area contributed by atoms with Crippen LogP contribution in [-0.4, -0.2) is 41.6 Å². The summed E-state index contributed by atoms with van der Waals surface area (Å²) in [5.41, 5.74) is 1.93. The van der Waals surface area contributed by atoms with Crippen molar-refractivity contribution >= 4 is 15.9 Å². The first-order valence-corrected chi connectivity index (χ1v) is 9.88. The van der Waals surface area contributed by atoms with Gasteiger partial charge in [0.05, 0.1) is 25.7 Å². The fourth-order valence-electron chi connectivity index (χ4n) is 2.41. The van der Waals surface area contributed by atoms with Crippen molar-refractivity contribution in [2.24, 2.45) is 0 Å². The van der Waals surface area contributed by atoms with Crippen molar-refractivity contribution in [3.8, 4) is 11.5 Å². The van der Waals surface area contributed by atoms with Crippen LogP contribution in [0.5, 0.6) is 11.5 Å². The molecule has 146 valence electrons. The first-order chi connectivity index (χ1) is 12.9. The van der Waals surface area contributed by atoms with Crippen LogP contribution in [0.2, 0.25) is 0 Å². The van der Waals surface area contributed by atoms with Gasteiger partial charge in [0, 0.05) is 6.54 Å². The van der Waals surface area contributed by atoms with E-state index in [-0.39, 0.29) is 11.4 Å². The first-order valence-electron chi connectivity index (χ1n) is 8.39. The summed E-state index contributed by atoms with van der Waals surface area (Å²) in [6, 6.07) is 11.9. The van der Waals surface area contributed by atoms with Gasteiger partial charge in [0.15, 0.2) is 11.5 Å². The Hall–Kier alpha value is -2.58. The lowest BCUT2D eigenvalue weighted by molar-refractivity contribution is -0.119. The SMILES string of the molecule is COc1ccc(CCNC(=O)CNS(=O)(=O)c2ccc(C)cc2)cc1OC. The second kappa shape index (κ2) is 9.38. The van der Waals surface area contributed by atoms with Crippen molar-refractivity contribution in [3.63, 3.8) is 0 Å². The third-order valence-electron chi connectivity index (χ3n) is 3.94. The molecular weight excluding hydrogens is 368 g/mol. The first kappa shape index (κ1) is 20.7. The second-order valence-corrected chi connectivity index (χ2v) is 7.69. The van der Waals surface area contributed by atoms with Crippen molar-refractivity contribution in [2.45, 2.75) is 18.2 Å². The van der Waals surface area contributed by atoms with Crippen molar-refractivity contribution in [3.05, 3.63) is 53.6 Å². The number of rotatable bonds is 9. The molecule has 0 heterocycles. The Balaban J connectivity index is 1.82. The largest absolute Gasteiger partial charge is 0.493 e. The molecule has 0 aliphatic rings. The normalized spacial score (nSPS) is 11.1. The fourth-order valence-corrected chi connectivity index (χ4v) is 3.39. The second-order valence-electron chi connectivity index (χ2n) is 5.93. The number of carbonyl (C=O) groups excluding carboxylic acids is 1. The van der Waals surface area contributed by atoms with Gasteiger partial charge in [0.25, 0.3) is 0 Å². The minimum absolute atomic E-state index is 0.131. The minimum Gasteiger partial charge on any atom is -0.493 e. The Morgan fingerprint density at radius 3 is 2.30 bits per heavy atom. The summed E-state index contributed by atoms with van der Waals surface area (Å²) >= 11 is 0. The zero-order chi connectivity index (χ0) is 19.9. The van der Waals surface area contributed by atoms with E-state index in [2.05, 4.69) is 10.0 Å². The summed E-state index contributed by atoms with van der Waals surface area (Å²) in [5.74, 6) is 0.856. The highest BCUT2D eigenvalue weighted by Crippen LogP contribution is 2.27. The van der Waals surface area contributed by atoms with Crippen molar-refractivity contribution in [2.75, 3.05) is 27.3 Å². The molecule has 0 aliphatic carbocycles. The molecule has 0 unspecified atom stereocenters. The number of hydrogen-bond acceptors (Lipinski definition) is 5. The Labute approximate surface area is 159 Å². The molecule has 0 bridgehead atoms. The van der Waals surface area contributed by atoms with Crippen LogP contribution in [0.3, 0.4) is 0 Å². The number of benzene rings is 2. The number of ether oxygens (including phenoxy) is 2. The molecule has 2 aromatic carbocycles. The smallest absolute Gasteiger partial charge is 0.241 e. The molecule has 0 atom stereocenters. The summed E-state index contributed by atoms with van der Waals surface area (Å²) in [7, 11) is -0.583. The summed E-state index contributed by atoms with van der Waals surface area (Å²) < 4.78 is 37.0. The van der Waals surface area contributed by atoms with Gasteiger partial charge in [-0.2, -0.15) is 0 Å². The van der Waals surface area contributed by atoms with Crippen LogP contribution in [0.15, 0.2) is 47.4 Å². The molecule has 2 aromatic rings. The van der Waals surface area contributed by atoms with Crippen LogP contribution >= 0.6 is 0 Å². The number of methoxy groups -OCH3 is 2. The Morgan fingerprint density at radius 2 is 1.67 bits per heavy atom. The molecule has 0 aromatic heterocycles. The molecule has 0 saturated carbocycles. The number of nitrogens with one attached hydrogen (secondary N) is 2. The van der Waals surface area contributed by atoms with E-state index >= 15 is 0 Å². The average molecular weight is 392 g/mol. The van der Waals surface area contributed by atoms with E-state index in [4.69, 9.17) is 9.47 Å². The lowest BCUT2D eigenvalue weighted by Crippen LogP contribution is -2.37. The predicted octanol–water partition coefficient (Wildman–Crippen LogP) is 1.65.